The smallest absolute Gasteiger partial charge is 0.233 e. The molecule has 1 amide bonds. The molecule has 0 unspecified atom stereocenters. The highest BCUT2D eigenvalue weighted by atomic mass is 79.9. The summed E-state index contributed by atoms with van der Waals surface area (Å²) in [6, 6.07) is 8.18. The molecule has 1 aromatic carbocycles. The highest BCUT2D eigenvalue weighted by Gasteiger charge is 2.34. The van der Waals surface area contributed by atoms with Gasteiger partial charge < -0.3 is 4.90 Å². The van der Waals surface area contributed by atoms with Gasteiger partial charge in [-0.05, 0) is 50.2 Å². The highest BCUT2D eigenvalue weighted by molar-refractivity contribution is 9.09. The van der Waals surface area contributed by atoms with E-state index in [0.717, 1.165) is 59.3 Å². The van der Waals surface area contributed by atoms with Crippen molar-refractivity contribution in [1.82, 2.24) is 9.88 Å². The summed E-state index contributed by atoms with van der Waals surface area (Å²) < 4.78 is 1.16. The summed E-state index contributed by atoms with van der Waals surface area (Å²) >= 11 is 5.18. The number of rotatable bonds is 9. The molecule has 2 aromatic rings. The third kappa shape index (κ3) is 5.20. The number of unbranched alkanes of at least 4 members (excludes halogenated alkanes) is 2. The molecule has 2 atom stereocenters. The molecular formula is C22H29BrN2OS. The number of carbonyl (C=O) groups is 1. The van der Waals surface area contributed by atoms with Crippen LogP contribution in [0.3, 0.4) is 0 Å². The lowest BCUT2D eigenvalue weighted by Crippen LogP contribution is -2.40. The molecule has 5 heteroatoms. The van der Waals surface area contributed by atoms with Crippen LogP contribution < -0.4 is 0 Å². The summed E-state index contributed by atoms with van der Waals surface area (Å²) in [5, 5.41) is 2.00. The van der Waals surface area contributed by atoms with E-state index in [9.17, 15) is 4.79 Å². The number of aromatic nitrogens is 1. The fraction of sp³-hybridized carbons (Fsp3) is 0.545. The van der Waals surface area contributed by atoms with E-state index < -0.39 is 0 Å². The first-order valence-corrected chi connectivity index (χ1v) is 12.0. The van der Waals surface area contributed by atoms with Gasteiger partial charge in [0.25, 0.3) is 0 Å². The minimum Gasteiger partial charge on any atom is -0.342 e. The van der Waals surface area contributed by atoms with Gasteiger partial charge in [-0.15, -0.1) is 17.9 Å². The van der Waals surface area contributed by atoms with Crippen molar-refractivity contribution in [2.45, 2.75) is 50.9 Å². The number of hydrogen-bond donors (Lipinski definition) is 0. The zero-order valence-corrected chi connectivity index (χ0v) is 18.3. The first-order chi connectivity index (χ1) is 13.2. The molecule has 0 N–H and O–H groups in total. The summed E-state index contributed by atoms with van der Waals surface area (Å²) in [6.45, 7) is 5.85. The van der Waals surface area contributed by atoms with E-state index >= 15 is 0 Å². The van der Waals surface area contributed by atoms with Gasteiger partial charge >= 0.3 is 0 Å². The Balaban J connectivity index is 1.86. The number of para-hydroxylation sites is 1. The van der Waals surface area contributed by atoms with Gasteiger partial charge in [-0.2, -0.15) is 0 Å². The van der Waals surface area contributed by atoms with Gasteiger partial charge in [-0.25, -0.2) is 4.98 Å². The minimum absolute atomic E-state index is 0.148. The van der Waals surface area contributed by atoms with Gasteiger partial charge in [-0.1, -0.05) is 47.0 Å². The maximum atomic E-state index is 13.5. The molecule has 146 valence electrons. The second-order valence-electron chi connectivity index (χ2n) is 7.32. The fourth-order valence-corrected chi connectivity index (χ4v) is 5.41. The number of piperidine rings is 1. The van der Waals surface area contributed by atoms with Gasteiger partial charge in [-0.3, -0.25) is 4.79 Å². The van der Waals surface area contributed by atoms with Crippen molar-refractivity contribution in [3.63, 3.8) is 0 Å². The van der Waals surface area contributed by atoms with Crippen molar-refractivity contribution in [2.75, 3.05) is 18.4 Å². The third-order valence-electron chi connectivity index (χ3n) is 5.41. The zero-order valence-electron chi connectivity index (χ0n) is 15.9. The molecule has 1 aliphatic rings. The lowest BCUT2D eigenvalue weighted by molar-refractivity contribution is -0.134. The second-order valence-corrected chi connectivity index (χ2v) is 9.18. The van der Waals surface area contributed by atoms with E-state index in [1.807, 2.05) is 24.3 Å². The van der Waals surface area contributed by atoms with Crippen LogP contribution in [-0.4, -0.2) is 34.2 Å². The van der Waals surface area contributed by atoms with Crippen molar-refractivity contribution >= 4 is 43.4 Å². The Bertz CT molecular complexity index is 721. The lowest BCUT2D eigenvalue weighted by Gasteiger charge is -2.32. The lowest BCUT2D eigenvalue weighted by atomic mass is 9.86. The minimum atomic E-state index is -0.193. The van der Waals surface area contributed by atoms with Gasteiger partial charge in [0, 0.05) is 18.4 Å². The Hall–Kier alpha value is -1.20. The molecule has 0 saturated carbocycles. The summed E-state index contributed by atoms with van der Waals surface area (Å²) in [5.74, 6) is 0.205. The predicted molar refractivity (Wildman–Crippen MR) is 119 cm³/mol. The van der Waals surface area contributed by atoms with E-state index in [0.29, 0.717) is 0 Å². The number of halogens is 1. The SMILES string of the molecule is C=C[C@H](CCCCCBr)[C@H](C(=O)N1CCCCC1)c1nc2ccccc2s1. The van der Waals surface area contributed by atoms with E-state index in [2.05, 4.69) is 33.5 Å². The Labute approximate surface area is 175 Å². The molecule has 2 heterocycles. The number of nitrogens with zero attached hydrogens (tertiary/aromatic N) is 2. The van der Waals surface area contributed by atoms with Gasteiger partial charge in [0.1, 0.15) is 5.01 Å². The Kier molecular flexibility index (Phi) is 7.89. The van der Waals surface area contributed by atoms with Gasteiger partial charge in [0.15, 0.2) is 0 Å². The van der Waals surface area contributed by atoms with E-state index in [1.54, 1.807) is 11.3 Å². The van der Waals surface area contributed by atoms with E-state index in [4.69, 9.17) is 4.98 Å². The van der Waals surface area contributed by atoms with Crippen LogP contribution in [0, 0.1) is 5.92 Å². The molecule has 1 aliphatic heterocycles. The van der Waals surface area contributed by atoms with Crippen LogP contribution in [0.4, 0.5) is 0 Å². The molecule has 0 aliphatic carbocycles. The van der Waals surface area contributed by atoms with Crippen molar-refractivity contribution in [3.05, 3.63) is 41.9 Å². The van der Waals surface area contributed by atoms with Crippen LogP contribution >= 0.6 is 27.3 Å². The number of fused-ring (bicyclic) bond motifs is 1. The van der Waals surface area contributed by atoms with Gasteiger partial charge in [0.05, 0.1) is 16.1 Å². The molecule has 3 nitrogen and oxygen atoms in total. The summed E-state index contributed by atoms with van der Waals surface area (Å²) in [4.78, 5) is 20.4. The zero-order chi connectivity index (χ0) is 19.1. The van der Waals surface area contributed by atoms with Crippen molar-refractivity contribution < 1.29 is 4.79 Å². The summed E-state index contributed by atoms with van der Waals surface area (Å²) in [5.41, 5.74) is 0.996. The Morgan fingerprint density at radius 2 is 2.00 bits per heavy atom. The monoisotopic (exact) mass is 448 g/mol. The second kappa shape index (κ2) is 10.4. The average molecular weight is 449 g/mol. The van der Waals surface area contributed by atoms with Crippen molar-refractivity contribution in [1.29, 1.82) is 0 Å². The first kappa shape index (κ1) is 20.5. The molecule has 27 heavy (non-hydrogen) atoms. The number of carbonyl (C=O) groups excluding carboxylic acids is 1. The number of alkyl halides is 1. The molecule has 3 rings (SSSR count). The average Bonchev–Trinajstić information content (AvgIpc) is 3.14. The third-order valence-corrected chi connectivity index (χ3v) is 7.09. The molecule has 0 bridgehead atoms. The molecule has 1 aromatic heterocycles. The number of benzene rings is 1. The topological polar surface area (TPSA) is 33.2 Å². The standard InChI is InChI=1S/C22H29BrN2OS/c1-2-17(11-5-3-8-14-23)20(22(26)25-15-9-4-10-16-25)21-24-18-12-6-7-13-19(18)27-21/h2,6-7,12-13,17,20H,1,3-5,8-11,14-16H2/t17-,20+/m1/s1. The fourth-order valence-electron chi connectivity index (χ4n) is 3.88. The quantitative estimate of drug-likeness (QED) is 0.261. The summed E-state index contributed by atoms with van der Waals surface area (Å²) in [6.07, 6.45) is 9.92. The van der Waals surface area contributed by atoms with Crippen LogP contribution in [0.5, 0.6) is 0 Å². The number of thiazole rings is 1. The van der Waals surface area contributed by atoms with Crippen LogP contribution in [0.15, 0.2) is 36.9 Å². The molecule has 0 radical (unpaired) electrons. The van der Waals surface area contributed by atoms with Crippen LogP contribution in [-0.2, 0) is 4.79 Å². The molecule has 0 spiro atoms. The number of allylic oxidation sites excluding steroid dienone is 1. The number of amides is 1. The molecule has 1 saturated heterocycles. The number of likely N-dealkylation sites (tertiary alicyclic amines) is 1. The first-order valence-electron chi connectivity index (χ1n) is 10.1. The van der Waals surface area contributed by atoms with E-state index in [1.165, 1.54) is 19.3 Å². The van der Waals surface area contributed by atoms with Gasteiger partial charge in [0.2, 0.25) is 5.91 Å². The van der Waals surface area contributed by atoms with Crippen molar-refractivity contribution in [2.24, 2.45) is 5.92 Å². The van der Waals surface area contributed by atoms with Crippen LogP contribution in [0.1, 0.15) is 55.9 Å². The maximum absolute atomic E-state index is 13.5. The molecular weight excluding hydrogens is 420 g/mol. The van der Waals surface area contributed by atoms with Crippen molar-refractivity contribution in [3.8, 4) is 0 Å². The maximum Gasteiger partial charge on any atom is 0.233 e. The van der Waals surface area contributed by atoms with Crippen LogP contribution in [0.25, 0.3) is 10.2 Å². The predicted octanol–water partition coefficient (Wildman–Crippen LogP) is 6.15. The Morgan fingerprint density at radius 3 is 2.70 bits per heavy atom. The van der Waals surface area contributed by atoms with Crippen LogP contribution in [0.2, 0.25) is 0 Å². The Morgan fingerprint density at radius 1 is 1.22 bits per heavy atom. The van der Waals surface area contributed by atoms with E-state index in [-0.39, 0.29) is 17.7 Å². The largest absolute Gasteiger partial charge is 0.342 e. The highest BCUT2D eigenvalue weighted by Crippen LogP contribution is 2.36. The summed E-state index contributed by atoms with van der Waals surface area (Å²) in [7, 11) is 0. The normalized spacial score (nSPS) is 17.0. The molecule has 1 fully saturated rings. The number of hydrogen-bond acceptors (Lipinski definition) is 3.